The highest BCUT2D eigenvalue weighted by Crippen LogP contribution is 2.35. The molecule has 2 aromatic rings. The fraction of sp³-hybridized carbons (Fsp3) is 0.481. The molecule has 5 nitrogen and oxygen atoms in total. The molecule has 0 aromatic heterocycles. The molecular weight excluding hydrogens is 402 g/mol. The molecule has 0 bridgehead atoms. The van der Waals surface area contributed by atoms with Crippen LogP contribution in [0.2, 0.25) is 0 Å². The number of amides is 1. The monoisotopic (exact) mass is 439 g/mol. The SMILES string of the molecule is Cc1ccc(C)c(C(c2cc(C)ccc2C)[C@H](C)OC(=O)[C@H](C)NC(=O)OC(C)(C)C)c1. The summed E-state index contributed by atoms with van der Waals surface area (Å²) in [6.07, 6.45) is -1.08. The number of benzene rings is 2. The van der Waals surface area contributed by atoms with Crippen molar-refractivity contribution in [2.24, 2.45) is 0 Å². The van der Waals surface area contributed by atoms with Crippen LogP contribution in [0.15, 0.2) is 36.4 Å². The number of carbonyl (C=O) groups is 2. The minimum Gasteiger partial charge on any atom is -0.460 e. The van der Waals surface area contributed by atoms with Crippen molar-refractivity contribution in [2.45, 2.75) is 86.0 Å². The van der Waals surface area contributed by atoms with Gasteiger partial charge in [-0.1, -0.05) is 47.5 Å². The molecule has 0 fully saturated rings. The first kappa shape index (κ1) is 25.4. The first-order valence-corrected chi connectivity index (χ1v) is 11.1. The maximum absolute atomic E-state index is 12.8. The summed E-state index contributed by atoms with van der Waals surface area (Å²) >= 11 is 0. The molecule has 0 aliphatic heterocycles. The Morgan fingerprint density at radius 1 is 0.844 bits per heavy atom. The Balaban J connectivity index is 2.32. The predicted molar refractivity (Wildman–Crippen MR) is 128 cm³/mol. The van der Waals surface area contributed by atoms with E-state index in [9.17, 15) is 9.59 Å². The minimum absolute atomic E-state index is 0.132. The number of rotatable bonds is 6. The van der Waals surface area contributed by atoms with Gasteiger partial charge in [0.05, 0.1) is 0 Å². The van der Waals surface area contributed by atoms with E-state index in [0.29, 0.717) is 0 Å². The number of nitrogens with one attached hydrogen (secondary N) is 1. The van der Waals surface area contributed by atoms with E-state index in [-0.39, 0.29) is 5.92 Å². The zero-order valence-electron chi connectivity index (χ0n) is 20.8. The van der Waals surface area contributed by atoms with Crippen LogP contribution in [0.5, 0.6) is 0 Å². The first-order chi connectivity index (χ1) is 14.8. The minimum atomic E-state index is -0.829. The standard InChI is InChI=1S/C27H37NO4/c1-16-10-12-18(3)22(14-16)24(23-15-17(2)11-13-19(23)4)21(6)31-25(29)20(5)28-26(30)32-27(7,8)9/h10-15,20-21,24H,1-9H3,(H,28,30)/t20-,21-/m0/s1. The van der Waals surface area contributed by atoms with Crippen molar-refractivity contribution < 1.29 is 19.1 Å². The van der Waals surface area contributed by atoms with Gasteiger partial charge in [-0.05, 0) is 84.6 Å². The third kappa shape index (κ3) is 6.84. The molecule has 0 aliphatic rings. The highest BCUT2D eigenvalue weighted by molar-refractivity contribution is 5.81. The van der Waals surface area contributed by atoms with Crippen LogP contribution in [0.4, 0.5) is 4.79 Å². The van der Waals surface area contributed by atoms with Crippen LogP contribution in [0.1, 0.15) is 73.9 Å². The summed E-state index contributed by atoms with van der Waals surface area (Å²) < 4.78 is 11.1. The van der Waals surface area contributed by atoms with Gasteiger partial charge in [0.15, 0.2) is 0 Å². The van der Waals surface area contributed by atoms with E-state index in [0.717, 1.165) is 33.4 Å². The summed E-state index contributed by atoms with van der Waals surface area (Å²) in [5.41, 5.74) is 6.21. The smallest absolute Gasteiger partial charge is 0.408 e. The zero-order chi connectivity index (χ0) is 24.2. The number of esters is 1. The van der Waals surface area contributed by atoms with Crippen molar-refractivity contribution in [2.75, 3.05) is 0 Å². The van der Waals surface area contributed by atoms with Gasteiger partial charge in [-0.3, -0.25) is 0 Å². The number of alkyl carbamates (subject to hydrolysis) is 1. The molecule has 0 saturated carbocycles. The first-order valence-electron chi connectivity index (χ1n) is 11.1. The Labute approximate surface area is 192 Å². The summed E-state index contributed by atoms with van der Waals surface area (Å²) in [6, 6.07) is 11.9. The summed E-state index contributed by atoms with van der Waals surface area (Å²) in [4.78, 5) is 24.9. The predicted octanol–water partition coefficient (Wildman–Crippen LogP) is 5.90. The molecule has 2 rings (SSSR count). The lowest BCUT2D eigenvalue weighted by molar-refractivity contribution is -0.150. The fourth-order valence-electron chi connectivity index (χ4n) is 3.76. The van der Waals surface area contributed by atoms with Crippen molar-refractivity contribution >= 4 is 12.1 Å². The van der Waals surface area contributed by atoms with E-state index in [2.05, 4.69) is 69.4 Å². The maximum Gasteiger partial charge on any atom is 0.408 e. The van der Waals surface area contributed by atoms with Gasteiger partial charge >= 0.3 is 12.1 Å². The van der Waals surface area contributed by atoms with Crippen molar-refractivity contribution in [1.29, 1.82) is 0 Å². The molecule has 0 heterocycles. The van der Waals surface area contributed by atoms with Crippen molar-refractivity contribution in [1.82, 2.24) is 5.32 Å². The number of hydrogen-bond acceptors (Lipinski definition) is 4. The van der Waals surface area contributed by atoms with E-state index < -0.39 is 29.8 Å². The van der Waals surface area contributed by atoms with Gasteiger partial charge in [0, 0.05) is 5.92 Å². The Kier molecular flexibility index (Phi) is 8.11. The van der Waals surface area contributed by atoms with Crippen molar-refractivity contribution in [3.05, 3.63) is 69.8 Å². The number of hydrogen-bond donors (Lipinski definition) is 1. The molecule has 0 saturated heterocycles. The number of ether oxygens (including phenoxy) is 2. The average Bonchev–Trinajstić information content (AvgIpc) is 2.65. The molecule has 0 unspecified atom stereocenters. The van der Waals surface area contributed by atoms with Gasteiger partial charge in [-0.15, -0.1) is 0 Å². The van der Waals surface area contributed by atoms with Crippen molar-refractivity contribution in [3.8, 4) is 0 Å². The van der Waals surface area contributed by atoms with Gasteiger partial charge in [0.1, 0.15) is 17.7 Å². The van der Waals surface area contributed by atoms with E-state index in [1.165, 1.54) is 0 Å². The van der Waals surface area contributed by atoms with E-state index in [4.69, 9.17) is 9.47 Å². The molecular formula is C27H37NO4. The van der Waals surface area contributed by atoms with Crippen LogP contribution in [0.25, 0.3) is 0 Å². The van der Waals surface area contributed by atoms with Crippen LogP contribution in [0, 0.1) is 27.7 Å². The summed E-state index contributed by atoms with van der Waals surface area (Å²) in [5, 5.41) is 2.57. The topological polar surface area (TPSA) is 64.6 Å². The lowest BCUT2D eigenvalue weighted by atomic mass is 9.81. The molecule has 2 atom stereocenters. The number of carbonyl (C=O) groups excluding carboxylic acids is 2. The molecule has 1 amide bonds. The van der Waals surface area contributed by atoms with Crippen LogP contribution < -0.4 is 5.32 Å². The van der Waals surface area contributed by atoms with Gasteiger partial charge in [-0.25, -0.2) is 9.59 Å². The van der Waals surface area contributed by atoms with Crippen molar-refractivity contribution in [3.63, 3.8) is 0 Å². The Bertz CT molecular complexity index is 923. The van der Waals surface area contributed by atoms with Gasteiger partial charge in [-0.2, -0.15) is 0 Å². The molecule has 0 radical (unpaired) electrons. The van der Waals surface area contributed by atoms with Crippen LogP contribution >= 0.6 is 0 Å². The summed E-state index contributed by atoms with van der Waals surface area (Å²) in [7, 11) is 0. The highest BCUT2D eigenvalue weighted by atomic mass is 16.6. The van der Waals surface area contributed by atoms with Crippen LogP contribution in [-0.2, 0) is 14.3 Å². The third-order valence-corrected chi connectivity index (χ3v) is 5.40. The second-order valence-electron chi connectivity index (χ2n) is 9.71. The largest absolute Gasteiger partial charge is 0.460 e. The van der Waals surface area contributed by atoms with E-state index in [1.54, 1.807) is 27.7 Å². The molecule has 0 spiro atoms. The summed E-state index contributed by atoms with van der Waals surface area (Å²) in [5.74, 6) is -0.628. The fourth-order valence-corrected chi connectivity index (χ4v) is 3.76. The van der Waals surface area contributed by atoms with Crippen LogP contribution in [-0.4, -0.2) is 29.8 Å². The molecule has 174 valence electrons. The Hall–Kier alpha value is -2.82. The van der Waals surface area contributed by atoms with Crippen LogP contribution in [0.3, 0.4) is 0 Å². The second kappa shape index (κ2) is 10.2. The third-order valence-electron chi connectivity index (χ3n) is 5.40. The second-order valence-corrected chi connectivity index (χ2v) is 9.71. The van der Waals surface area contributed by atoms with E-state index in [1.807, 2.05) is 6.92 Å². The Morgan fingerprint density at radius 2 is 1.31 bits per heavy atom. The normalized spacial score (nSPS) is 13.4. The Morgan fingerprint density at radius 3 is 1.75 bits per heavy atom. The summed E-state index contributed by atoms with van der Waals surface area (Å²) in [6.45, 7) is 17.1. The molecule has 32 heavy (non-hydrogen) atoms. The van der Waals surface area contributed by atoms with Gasteiger partial charge in [0.2, 0.25) is 0 Å². The lowest BCUT2D eigenvalue weighted by Gasteiger charge is -2.29. The maximum atomic E-state index is 12.8. The zero-order valence-corrected chi connectivity index (χ0v) is 20.8. The average molecular weight is 440 g/mol. The van der Waals surface area contributed by atoms with Gasteiger partial charge < -0.3 is 14.8 Å². The van der Waals surface area contributed by atoms with E-state index >= 15 is 0 Å². The molecule has 2 aromatic carbocycles. The number of aryl methyl sites for hydroxylation is 4. The quantitative estimate of drug-likeness (QED) is 0.569. The molecule has 5 heteroatoms. The van der Waals surface area contributed by atoms with Gasteiger partial charge in [0.25, 0.3) is 0 Å². The highest BCUT2D eigenvalue weighted by Gasteiger charge is 2.30. The molecule has 1 N–H and O–H groups in total. The lowest BCUT2D eigenvalue weighted by Crippen LogP contribution is -2.43. The molecule has 0 aliphatic carbocycles.